The van der Waals surface area contributed by atoms with Gasteiger partial charge in [-0.25, -0.2) is 4.39 Å². The van der Waals surface area contributed by atoms with E-state index < -0.39 is 5.82 Å². The number of anilines is 1. The molecule has 122 valence electrons. The number of rotatable bonds is 7. The first-order chi connectivity index (χ1) is 10.5. The summed E-state index contributed by atoms with van der Waals surface area (Å²) in [4.78, 5) is 13.8. The first-order valence-electron chi connectivity index (χ1n) is 7.59. The number of hydrogen-bond donors (Lipinski definition) is 1. The average Bonchev–Trinajstić information content (AvgIpc) is 2.95. The van der Waals surface area contributed by atoms with Crippen molar-refractivity contribution in [3.05, 3.63) is 29.0 Å². The lowest BCUT2D eigenvalue weighted by atomic mass is 10.1. The fourth-order valence-corrected chi connectivity index (χ4v) is 2.72. The van der Waals surface area contributed by atoms with E-state index >= 15 is 0 Å². The lowest BCUT2D eigenvalue weighted by Gasteiger charge is -2.17. The van der Waals surface area contributed by atoms with E-state index in [0.29, 0.717) is 11.1 Å². The van der Waals surface area contributed by atoms with Crippen LogP contribution >= 0.6 is 11.6 Å². The zero-order valence-electron chi connectivity index (χ0n) is 12.8. The Hall–Kier alpha value is -1.17. The fourth-order valence-electron chi connectivity index (χ4n) is 2.57. The van der Waals surface area contributed by atoms with Crippen LogP contribution in [0.4, 0.5) is 10.1 Å². The van der Waals surface area contributed by atoms with Crippen molar-refractivity contribution >= 4 is 23.2 Å². The van der Waals surface area contributed by atoms with E-state index in [4.69, 9.17) is 16.3 Å². The standard InChI is InChI=1S/C16H22ClFN2O2/c1-20(8-2-4-13-5-3-9-22-13)11-16(21)19-15-7-6-12(17)10-14(15)18/h6-7,10,13H,2-5,8-9,11H2,1H3,(H,19,21)/t13-/m0/s1. The maximum Gasteiger partial charge on any atom is 0.238 e. The van der Waals surface area contributed by atoms with E-state index in [1.807, 2.05) is 11.9 Å². The Bertz CT molecular complexity index is 507. The Morgan fingerprint density at radius 2 is 2.36 bits per heavy atom. The molecule has 0 aliphatic carbocycles. The molecule has 1 atom stereocenters. The van der Waals surface area contributed by atoms with Crippen LogP contribution in [-0.4, -0.2) is 43.7 Å². The summed E-state index contributed by atoms with van der Waals surface area (Å²) in [7, 11) is 1.88. The smallest absolute Gasteiger partial charge is 0.238 e. The molecule has 0 aromatic heterocycles. The van der Waals surface area contributed by atoms with Crippen molar-refractivity contribution in [3.8, 4) is 0 Å². The van der Waals surface area contributed by atoms with Crippen LogP contribution in [-0.2, 0) is 9.53 Å². The molecule has 2 rings (SSSR count). The number of hydrogen-bond acceptors (Lipinski definition) is 3. The number of ether oxygens (including phenoxy) is 1. The van der Waals surface area contributed by atoms with Gasteiger partial charge in [-0.1, -0.05) is 11.6 Å². The number of nitrogens with zero attached hydrogens (tertiary/aromatic N) is 1. The fraction of sp³-hybridized carbons (Fsp3) is 0.562. The number of likely N-dealkylation sites (N-methyl/N-ethyl adjacent to an activating group) is 1. The summed E-state index contributed by atoms with van der Waals surface area (Å²) >= 11 is 5.68. The first-order valence-corrected chi connectivity index (χ1v) is 7.97. The monoisotopic (exact) mass is 328 g/mol. The Morgan fingerprint density at radius 3 is 3.05 bits per heavy atom. The largest absolute Gasteiger partial charge is 0.378 e. The van der Waals surface area contributed by atoms with Crippen molar-refractivity contribution in [2.45, 2.75) is 31.8 Å². The van der Waals surface area contributed by atoms with Gasteiger partial charge in [-0.15, -0.1) is 0 Å². The molecule has 22 heavy (non-hydrogen) atoms. The molecule has 0 spiro atoms. The molecular formula is C16H22ClFN2O2. The second-order valence-electron chi connectivity index (χ2n) is 5.69. The van der Waals surface area contributed by atoms with Crippen molar-refractivity contribution < 1.29 is 13.9 Å². The summed E-state index contributed by atoms with van der Waals surface area (Å²) < 4.78 is 19.2. The summed E-state index contributed by atoms with van der Waals surface area (Å²) in [5.74, 6) is -0.761. The number of amides is 1. The van der Waals surface area contributed by atoms with Crippen LogP contribution < -0.4 is 5.32 Å². The van der Waals surface area contributed by atoms with Crippen molar-refractivity contribution in [2.24, 2.45) is 0 Å². The maximum absolute atomic E-state index is 13.6. The van der Waals surface area contributed by atoms with Gasteiger partial charge in [0.15, 0.2) is 0 Å². The third-order valence-electron chi connectivity index (χ3n) is 3.71. The maximum atomic E-state index is 13.6. The van der Waals surface area contributed by atoms with Gasteiger partial charge in [-0.2, -0.15) is 0 Å². The highest BCUT2D eigenvalue weighted by molar-refractivity contribution is 6.30. The molecule has 0 saturated carbocycles. The van der Waals surface area contributed by atoms with Gasteiger partial charge >= 0.3 is 0 Å². The van der Waals surface area contributed by atoms with Crippen LogP contribution in [0.25, 0.3) is 0 Å². The highest BCUT2D eigenvalue weighted by atomic mass is 35.5. The van der Waals surface area contributed by atoms with Crippen LogP contribution in [0.2, 0.25) is 5.02 Å². The van der Waals surface area contributed by atoms with Gasteiger partial charge in [0.25, 0.3) is 0 Å². The van der Waals surface area contributed by atoms with E-state index in [-0.39, 0.29) is 18.1 Å². The molecule has 1 heterocycles. The van der Waals surface area contributed by atoms with Gasteiger partial charge in [0.2, 0.25) is 5.91 Å². The topological polar surface area (TPSA) is 41.6 Å². The number of benzene rings is 1. The molecule has 1 amide bonds. The summed E-state index contributed by atoms with van der Waals surface area (Å²) in [5, 5.41) is 2.87. The zero-order valence-corrected chi connectivity index (χ0v) is 13.5. The second kappa shape index (κ2) is 8.46. The first kappa shape index (κ1) is 17.2. The quantitative estimate of drug-likeness (QED) is 0.835. The number of nitrogens with one attached hydrogen (secondary N) is 1. The molecule has 6 heteroatoms. The van der Waals surface area contributed by atoms with E-state index in [9.17, 15) is 9.18 Å². The Kier molecular flexibility index (Phi) is 6.61. The SMILES string of the molecule is CN(CCC[C@H]1CCCO1)CC(=O)Nc1ccc(Cl)cc1F. The van der Waals surface area contributed by atoms with Crippen molar-refractivity contribution in [1.29, 1.82) is 0 Å². The normalized spacial score (nSPS) is 17.9. The number of carbonyl (C=O) groups is 1. The lowest BCUT2D eigenvalue weighted by Crippen LogP contribution is -2.31. The molecular weight excluding hydrogens is 307 g/mol. The molecule has 0 unspecified atom stereocenters. The van der Waals surface area contributed by atoms with Gasteiger partial charge < -0.3 is 10.1 Å². The number of carbonyl (C=O) groups excluding carboxylic acids is 1. The molecule has 1 fully saturated rings. The minimum atomic E-state index is -0.526. The Balaban J connectivity index is 1.69. The number of halogens is 2. The van der Waals surface area contributed by atoms with E-state index in [2.05, 4.69) is 5.32 Å². The highest BCUT2D eigenvalue weighted by Crippen LogP contribution is 2.19. The van der Waals surface area contributed by atoms with Gasteiger partial charge in [0.1, 0.15) is 5.82 Å². The zero-order chi connectivity index (χ0) is 15.9. The average molecular weight is 329 g/mol. The predicted molar refractivity (Wildman–Crippen MR) is 85.7 cm³/mol. The molecule has 1 aliphatic heterocycles. The summed E-state index contributed by atoms with van der Waals surface area (Å²) in [6.45, 7) is 1.92. The van der Waals surface area contributed by atoms with Crippen molar-refractivity contribution in [3.63, 3.8) is 0 Å². The Labute approximate surface area is 135 Å². The van der Waals surface area contributed by atoms with E-state index in [1.54, 1.807) is 6.07 Å². The molecule has 0 radical (unpaired) electrons. The molecule has 0 bridgehead atoms. The minimum Gasteiger partial charge on any atom is -0.378 e. The van der Waals surface area contributed by atoms with Crippen LogP contribution in [0.1, 0.15) is 25.7 Å². The van der Waals surface area contributed by atoms with Crippen LogP contribution in [0.3, 0.4) is 0 Å². The van der Waals surface area contributed by atoms with Crippen LogP contribution in [0.15, 0.2) is 18.2 Å². The Morgan fingerprint density at radius 1 is 1.55 bits per heavy atom. The van der Waals surface area contributed by atoms with Gasteiger partial charge in [-0.3, -0.25) is 9.69 Å². The molecule has 1 N–H and O–H groups in total. The lowest BCUT2D eigenvalue weighted by molar-refractivity contribution is -0.117. The van der Waals surface area contributed by atoms with Crippen LogP contribution in [0.5, 0.6) is 0 Å². The van der Waals surface area contributed by atoms with Crippen LogP contribution in [0, 0.1) is 5.82 Å². The second-order valence-corrected chi connectivity index (χ2v) is 6.12. The minimum absolute atomic E-state index is 0.155. The summed E-state index contributed by atoms with van der Waals surface area (Å²) in [5.41, 5.74) is 0.155. The summed E-state index contributed by atoms with van der Waals surface area (Å²) in [6, 6.07) is 4.20. The summed E-state index contributed by atoms with van der Waals surface area (Å²) in [6.07, 6.45) is 4.68. The van der Waals surface area contributed by atoms with E-state index in [0.717, 1.165) is 38.8 Å². The predicted octanol–water partition coefficient (Wildman–Crippen LogP) is 3.31. The van der Waals surface area contributed by atoms with Crippen molar-refractivity contribution in [1.82, 2.24) is 4.90 Å². The van der Waals surface area contributed by atoms with Gasteiger partial charge in [0, 0.05) is 11.6 Å². The van der Waals surface area contributed by atoms with E-state index in [1.165, 1.54) is 12.1 Å². The third kappa shape index (κ3) is 5.55. The molecule has 1 aromatic carbocycles. The third-order valence-corrected chi connectivity index (χ3v) is 3.94. The highest BCUT2D eigenvalue weighted by Gasteiger charge is 2.15. The van der Waals surface area contributed by atoms with Gasteiger partial charge in [-0.05, 0) is 57.5 Å². The molecule has 1 aromatic rings. The molecule has 1 aliphatic rings. The van der Waals surface area contributed by atoms with Crippen molar-refractivity contribution in [2.75, 3.05) is 32.1 Å². The molecule has 1 saturated heterocycles. The van der Waals surface area contributed by atoms with Gasteiger partial charge in [0.05, 0.1) is 18.3 Å². The molecule has 4 nitrogen and oxygen atoms in total.